The van der Waals surface area contributed by atoms with Gasteiger partial charge in [-0.25, -0.2) is 4.39 Å². The SMILES string of the molecule is CCOC(=O)C(C)(C)c1ccc(N)cc1F. The molecule has 0 aliphatic heterocycles. The quantitative estimate of drug-likeness (QED) is 0.634. The van der Waals surface area contributed by atoms with Crippen LogP contribution >= 0.6 is 0 Å². The predicted octanol–water partition coefficient (Wildman–Crippen LogP) is 2.25. The Morgan fingerprint density at radius 3 is 2.62 bits per heavy atom. The Labute approximate surface area is 94.4 Å². The number of nitrogens with two attached hydrogens (primary N) is 1. The number of hydrogen-bond donors (Lipinski definition) is 1. The van der Waals surface area contributed by atoms with E-state index < -0.39 is 17.2 Å². The highest BCUT2D eigenvalue weighted by molar-refractivity contribution is 5.82. The summed E-state index contributed by atoms with van der Waals surface area (Å²) in [7, 11) is 0. The van der Waals surface area contributed by atoms with Gasteiger partial charge < -0.3 is 10.5 Å². The van der Waals surface area contributed by atoms with Crippen LogP contribution < -0.4 is 5.73 Å². The topological polar surface area (TPSA) is 52.3 Å². The number of benzene rings is 1. The van der Waals surface area contributed by atoms with E-state index in [1.54, 1.807) is 26.8 Å². The molecule has 1 rings (SSSR count). The second-order valence-corrected chi connectivity index (χ2v) is 4.08. The molecule has 0 saturated carbocycles. The van der Waals surface area contributed by atoms with Crippen LogP contribution in [0.25, 0.3) is 0 Å². The van der Waals surface area contributed by atoms with E-state index in [-0.39, 0.29) is 6.61 Å². The highest BCUT2D eigenvalue weighted by Crippen LogP contribution is 2.28. The number of carbonyl (C=O) groups excluding carboxylic acids is 1. The molecule has 0 amide bonds. The molecule has 0 saturated heterocycles. The maximum absolute atomic E-state index is 13.7. The predicted molar refractivity (Wildman–Crippen MR) is 60.5 cm³/mol. The summed E-state index contributed by atoms with van der Waals surface area (Å²) < 4.78 is 18.6. The minimum atomic E-state index is -1.01. The van der Waals surface area contributed by atoms with E-state index in [9.17, 15) is 9.18 Å². The lowest BCUT2D eigenvalue weighted by Gasteiger charge is -2.23. The van der Waals surface area contributed by atoms with Crippen LogP contribution in [0.1, 0.15) is 26.3 Å². The molecular formula is C12H16FNO2. The molecule has 0 aromatic heterocycles. The zero-order valence-electron chi connectivity index (χ0n) is 9.71. The average molecular weight is 225 g/mol. The number of anilines is 1. The van der Waals surface area contributed by atoms with Crippen LogP contribution in [-0.2, 0) is 14.9 Å². The summed E-state index contributed by atoms with van der Waals surface area (Å²) >= 11 is 0. The minimum Gasteiger partial charge on any atom is -0.465 e. The van der Waals surface area contributed by atoms with Crippen LogP contribution in [0, 0.1) is 5.82 Å². The Bertz CT molecular complexity index is 402. The molecule has 3 nitrogen and oxygen atoms in total. The Morgan fingerprint density at radius 1 is 1.50 bits per heavy atom. The van der Waals surface area contributed by atoms with Crippen molar-refractivity contribution in [3.8, 4) is 0 Å². The zero-order chi connectivity index (χ0) is 12.3. The van der Waals surface area contributed by atoms with E-state index in [2.05, 4.69) is 0 Å². The first kappa shape index (κ1) is 12.5. The second kappa shape index (κ2) is 4.51. The molecule has 2 N–H and O–H groups in total. The van der Waals surface area contributed by atoms with Gasteiger partial charge in [-0.15, -0.1) is 0 Å². The lowest BCUT2D eigenvalue weighted by molar-refractivity contribution is -0.148. The van der Waals surface area contributed by atoms with Gasteiger partial charge in [0.2, 0.25) is 0 Å². The summed E-state index contributed by atoms with van der Waals surface area (Å²) in [5, 5.41) is 0. The fourth-order valence-corrected chi connectivity index (χ4v) is 1.46. The van der Waals surface area contributed by atoms with Crippen LogP contribution in [0.3, 0.4) is 0 Å². The molecule has 0 radical (unpaired) electrons. The largest absolute Gasteiger partial charge is 0.465 e. The Balaban J connectivity index is 3.11. The molecule has 0 aliphatic rings. The Hall–Kier alpha value is -1.58. The molecule has 0 fully saturated rings. The van der Waals surface area contributed by atoms with Crippen LogP contribution in [0.5, 0.6) is 0 Å². The number of esters is 1. The van der Waals surface area contributed by atoms with Gasteiger partial charge in [0, 0.05) is 11.3 Å². The first-order valence-electron chi connectivity index (χ1n) is 5.12. The summed E-state index contributed by atoms with van der Waals surface area (Å²) in [5.74, 6) is -0.934. The molecule has 16 heavy (non-hydrogen) atoms. The van der Waals surface area contributed by atoms with Gasteiger partial charge in [0.25, 0.3) is 0 Å². The molecule has 1 aromatic carbocycles. The lowest BCUT2D eigenvalue weighted by Crippen LogP contribution is -2.32. The smallest absolute Gasteiger partial charge is 0.316 e. The molecule has 88 valence electrons. The number of nitrogen functional groups attached to an aromatic ring is 1. The summed E-state index contributed by atoms with van der Waals surface area (Å²) in [5.41, 5.74) is 5.07. The zero-order valence-corrected chi connectivity index (χ0v) is 9.71. The van der Waals surface area contributed by atoms with Crippen molar-refractivity contribution in [2.75, 3.05) is 12.3 Å². The molecular weight excluding hydrogens is 209 g/mol. The van der Waals surface area contributed by atoms with Gasteiger partial charge >= 0.3 is 5.97 Å². The molecule has 4 heteroatoms. The van der Waals surface area contributed by atoms with Gasteiger partial charge in [0.15, 0.2) is 0 Å². The fraction of sp³-hybridized carbons (Fsp3) is 0.417. The highest BCUT2D eigenvalue weighted by Gasteiger charge is 2.33. The second-order valence-electron chi connectivity index (χ2n) is 4.08. The third-order valence-electron chi connectivity index (χ3n) is 2.45. The summed E-state index contributed by atoms with van der Waals surface area (Å²) in [6.07, 6.45) is 0. The van der Waals surface area contributed by atoms with Crippen LogP contribution in [0.15, 0.2) is 18.2 Å². The van der Waals surface area contributed by atoms with Crippen molar-refractivity contribution in [1.29, 1.82) is 0 Å². The van der Waals surface area contributed by atoms with Crippen molar-refractivity contribution in [3.63, 3.8) is 0 Å². The van der Waals surface area contributed by atoms with E-state index in [4.69, 9.17) is 10.5 Å². The average Bonchev–Trinajstić information content (AvgIpc) is 2.17. The first-order chi connectivity index (χ1) is 7.39. The van der Waals surface area contributed by atoms with Gasteiger partial charge in [-0.3, -0.25) is 4.79 Å². The molecule has 0 aliphatic carbocycles. The molecule has 0 unspecified atom stereocenters. The van der Waals surface area contributed by atoms with Crippen molar-refractivity contribution < 1.29 is 13.9 Å². The van der Waals surface area contributed by atoms with Crippen molar-refractivity contribution >= 4 is 11.7 Å². The van der Waals surface area contributed by atoms with Crippen molar-refractivity contribution in [3.05, 3.63) is 29.6 Å². The monoisotopic (exact) mass is 225 g/mol. The van der Waals surface area contributed by atoms with Gasteiger partial charge in [0.05, 0.1) is 12.0 Å². The van der Waals surface area contributed by atoms with Gasteiger partial charge in [-0.05, 0) is 32.9 Å². The molecule has 0 bridgehead atoms. The Kier molecular flexibility index (Phi) is 3.52. The van der Waals surface area contributed by atoms with Crippen LogP contribution in [0.4, 0.5) is 10.1 Å². The molecule has 0 heterocycles. The van der Waals surface area contributed by atoms with Gasteiger partial charge in [-0.1, -0.05) is 6.07 Å². The molecule has 1 aromatic rings. The minimum absolute atomic E-state index is 0.277. The van der Waals surface area contributed by atoms with E-state index in [0.717, 1.165) is 0 Å². The van der Waals surface area contributed by atoms with Gasteiger partial charge in [-0.2, -0.15) is 0 Å². The maximum Gasteiger partial charge on any atom is 0.316 e. The lowest BCUT2D eigenvalue weighted by atomic mass is 9.84. The van der Waals surface area contributed by atoms with Crippen molar-refractivity contribution in [2.45, 2.75) is 26.2 Å². The number of ether oxygens (including phenoxy) is 1. The van der Waals surface area contributed by atoms with Crippen molar-refractivity contribution in [2.24, 2.45) is 0 Å². The molecule has 0 atom stereocenters. The highest BCUT2D eigenvalue weighted by atomic mass is 19.1. The normalized spacial score (nSPS) is 11.2. The fourth-order valence-electron chi connectivity index (χ4n) is 1.46. The first-order valence-corrected chi connectivity index (χ1v) is 5.12. The summed E-state index contributed by atoms with van der Waals surface area (Å²) in [6.45, 7) is 5.24. The van der Waals surface area contributed by atoms with E-state index >= 15 is 0 Å². The number of hydrogen-bond acceptors (Lipinski definition) is 3. The standard InChI is InChI=1S/C12H16FNO2/c1-4-16-11(15)12(2,3)9-6-5-8(14)7-10(9)13/h5-7H,4,14H2,1-3H3. The van der Waals surface area contributed by atoms with E-state index in [0.29, 0.717) is 11.3 Å². The van der Waals surface area contributed by atoms with E-state index in [1.807, 2.05) is 0 Å². The number of carbonyl (C=O) groups is 1. The van der Waals surface area contributed by atoms with Crippen LogP contribution in [0.2, 0.25) is 0 Å². The van der Waals surface area contributed by atoms with Gasteiger partial charge in [0.1, 0.15) is 5.82 Å². The van der Waals surface area contributed by atoms with E-state index in [1.165, 1.54) is 12.1 Å². The number of rotatable bonds is 3. The Morgan fingerprint density at radius 2 is 2.12 bits per heavy atom. The third-order valence-corrected chi connectivity index (χ3v) is 2.45. The summed E-state index contributed by atoms with van der Waals surface area (Å²) in [4.78, 5) is 11.7. The number of halogens is 1. The maximum atomic E-state index is 13.7. The third kappa shape index (κ3) is 2.32. The molecule has 0 spiro atoms. The van der Waals surface area contributed by atoms with Crippen LogP contribution in [-0.4, -0.2) is 12.6 Å². The summed E-state index contributed by atoms with van der Waals surface area (Å²) in [6, 6.07) is 4.29. The van der Waals surface area contributed by atoms with Crippen molar-refractivity contribution in [1.82, 2.24) is 0 Å².